The molecule has 7 heteroatoms. The van der Waals surface area contributed by atoms with Crippen molar-refractivity contribution in [2.45, 2.75) is 6.61 Å². The Morgan fingerprint density at radius 1 is 1.14 bits per heavy atom. The van der Waals surface area contributed by atoms with Gasteiger partial charge in [-0.05, 0) is 23.8 Å². The number of aromatic nitrogens is 2. The largest absolute Gasteiger partial charge is 0.497 e. The second-order valence-corrected chi connectivity index (χ2v) is 6.41. The van der Waals surface area contributed by atoms with Crippen molar-refractivity contribution in [2.24, 2.45) is 0 Å². The maximum Gasteiger partial charge on any atom is 0.155 e. The van der Waals surface area contributed by atoms with E-state index in [0.29, 0.717) is 42.2 Å². The Balaban J connectivity index is 1.69. The molecular weight excluding hydrogens is 356 g/mol. The van der Waals surface area contributed by atoms with Gasteiger partial charge in [0, 0.05) is 24.8 Å². The number of nitriles is 1. The van der Waals surface area contributed by atoms with Crippen LogP contribution in [0.5, 0.6) is 11.5 Å². The zero-order valence-electron chi connectivity index (χ0n) is 15.6. The molecule has 4 rings (SSSR count). The summed E-state index contributed by atoms with van der Waals surface area (Å²) in [6.07, 6.45) is 1.41. The van der Waals surface area contributed by atoms with E-state index in [9.17, 15) is 5.26 Å². The van der Waals surface area contributed by atoms with Crippen molar-refractivity contribution in [1.29, 1.82) is 5.26 Å². The molecule has 142 valence electrons. The summed E-state index contributed by atoms with van der Waals surface area (Å²) in [5.74, 6) is 1.40. The molecule has 1 fully saturated rings. The van der Waals surface area contributed by atoms with Crippen molar-refractivity contribution in [2.75, 3.05) is 38.3 Å². The molecule has 0 amide bonds. The van der Waals surface area contributed by atoms with E-state index < -0.39 is 0 Å². The van der Waals surface area contributed by atoms with E-state index in [-0.39, 0.29) is 0 Å². The third-order valence-electron chi connectivity index (χ3n) is 4.72. The van der Waals surface area contributed by atoms with Crippen molar-refractivity contribution in [1.82, 2.24) is 9.97 Å². The van der Waals surface area contributed by atoms with Gasteiger partial charge >= 0.3 is 0 Å². The quantitative estimate of drug-likeness (QED) is 0.677. The molecule has 2 aromatic carbocycles. The van der Waals surface area contributed by atoms with Crippen molar-refractivity contribution in [3.05, 3.63) is 54.0 Å². The summed E-state index contributed by atoms with van der Waals surface area (Å²) in [6.45, 7) is 3.35. The summed E-state index contributed by atoms with van der Waals surface area (Å²) in [5, 5.41) is 10.1. The first-order valence-corrected chi connectivity index (χ1v) is 9.06. The highest BCUT2D eigenvalue weighted by molar-refractivity contribution is 5.92. The lowest BCUT2D eigenvalue weighted by Crippen LogP contribution is -2.36. The van der Waals surface area contributed by atoms with Crippen LogP contribution in [0.15, 0.2) is 42.7 Å². The smallest absolute Gasteiger partial charge is 0.155 e. The molecule has 0 unspecified atom stereocenters. The first-order valence-electron chi connectivity index (χ1n) is 9.06. The van der Waals surface area contributed by atoms with Gasteiger partial charge in [-0.2, -0.15) is 5.26 Å². The van der Waals surface area contributed by atoms with Crippen LogP contribution in [-0.2, 0) is 11.3 Å². The number of morpholine rings is 1. The van der Waals surface area contributed by atoms with Gasteiger partial charge in [0.15, 0.2) is 5.69 Å². The van der Waals surface area contributed by atoms with Crippen LogP contribution in [0.3, 0.4) is 0 Å². The average molecular weight is 376 g/mol. The Labute approximate surface area is 163 Å². The number of benzene rings is 2. The number of nitrogens with zero attached hydrogens (tertiary/aromatic N) is 4. The van der Waals surface area contributed by atoms with E-state index in [1.807, 2.05) is 36.4 Å². The SMILES string of the molecule is COc1ccc(COc2cc(N3CCOCC3)cc3ncnc(C#N)c23)cc1. The van der Waals surface area contributed by atoms with Crippen LogP contribution in [0.2, 0.25) is 0 Å². The third-order valence-corrected chi connectivity index (χ3v) is 4.72. The molecule has 2 heterocycles. The van der Waals surface area contributed by atoms with Crippen LogP contribution in [0.1, 0.15) is 11.3 Å². The Morgan fingerprint density at radius 2 is 1.93 bits per heavy atom. The fourth-order valence-corrected chi connectivity index (χ4v) is 3.23. The zero-order valence-corrected chi connectivity index (χ0v) is 15.6. The van der Waals surface area contributed by atoms with E-state index in [1.165, 1.54) is 6.33 Å². The van der Waals surface area contributed by atoms with E-state index in [2.05, 4.69) is 20.9 Å². The molecule has 1 saturated heterocycles. The molecule has 0 spiro atoms. The predicted octanol–water partition coefficient (Wildman–Crippen LogP) is 2.93. The number of anilines is 1. The van der Waals surface area contributed by atoms with Gasteiger partial charge in [-0.25, -0.2) is 9.97 Å². The molecule has 1 aliphatic rings. The molecule has 3 aromatic rings. The summed E-state index contributed by atoms with van der Waals surface area (Å²) in [5.41, 5.74) is 3.01. The minimum Gasteiger partial charge on any atom is -0.497 e. The second-order valence-electron chi connectivity index (χ2n) is 6.41. The molecule has 0 radical (unpaired) electrons. The van der Waals surface area contributed by atoms with Crippen LogP contribution in [0.25, 0.3) is 10.9 Å². The van der Waals surface area contributed by atoms with Crippen LogP contribution < -0.4 is 14.4 Å². The Morgan fingerprint density at radius 3 is 2.64 bits per heavy atom. The van der Waals surface area contributed by atoms with E-state index in [0.717, 1.165) is 30.1 Å². The Hall–Kier alpha value is -3.37. The molecule has 0 atom stereocenters. The normalized spacial score (nSPS) is 13.9. The average Bonchev–Trinajstić information content (AvgIpc) is 2.77. The number of hydrogen-bond donors (Lipinski definition) is 0. The number of rotatable bonds is 5. The van der Waals surface area contributed by atoms with Crippen LogP contribution in [0, 0.1) is 11.3 Å². The van der Waals surface area contributed by atoms with E-state index >= 15 is 0 Å². The molecule has 0 aliphatic carbocycles. The number of methoxy groups -OCH3 is 1. The maximum atomic E-state index is 9.48. The lowest BCUT2D eigenvalue weighted by atomic mass is 10.1. The van der Waals surface area contributed by atoms with Crippen molar-refractivity contribution >= 4 is 16.6 Å². The van der Waals surface area contributed by atoms with Gasteiger partial charge in [-0.15, -0.1) is 0 Å². The predicted molar refractivity (Wildman–Crippen MR) is 105 cm³/mol. The van der Waals surface area contributed by atoms with Gasteiger partial charge in [0.2, 0.25) is 0 Å². The van der Waals surface area contributed by atoms with Gasteiger partial charge in [0.05, 0.1) is 31.2 Å². The molecule has 0 bridgehead atoms. The van der Waals surface area contributed by atoms with E-state index in [1.54, 1.807) is 7.11 Å². The van der Waals surface area contributed by atoms with Crippen molar-refractivity contribution in [3.63, 3.8) is 0 Å². The van der Waals surface area contributed by atoms with Gasteiger partial charge in [-0.1, -0.05) is 12.1 Å². The lowest BCUT2D eigenvalue weighted by Gasteiger charge is -2.29. The number of fused-ring (bicyclic) bond motifs is 1. The molecule has 0 N–H and O–H groups in total. The highest BCUT2D eigenvalue weighted by Crippen LogP contribution is 2.33. The van der Waals surface area contributed by atoms with Crippen LogP contribution in [0.4, 0.5) is 5.69 Å². The fourth-order valence-electron chi connectivity index (χ4n) is 3.23. The molecule has 1 aromatic heterocycles. The zero-order chi connectivity index (χ0) is 19.3. The summed E-state index contributed by atoms with van der Waals surface area (Å²) >= 11 is 0. The number of ether oxygens (including phenoxy) is 3. The summed E-state index contributed by atoms with van der Waals surface area (Å²) in [6, 6.07) is 13.8. The molecule has 0 saturated carbocycles. The summed E-state index contributed by atoms with van der Waals surface area (Å²) in [4.78, 5) is 10.7. The standard InChI is InChI=1S/C21H20N4O3/c1-26-17-4-2-15(3-5-17)13-28-20-11-16(25-6-8-27-9-7-25)10-18-21(20)19(12-22)24-14-23-18/h2-5,10-11,14H,6-9,13H2,1H3. The topological polar surface area (TPSA) is 80.5 Å². The molecular formula is C21H20N4O3. The molecule has 1 aliphatic heterocycles. The third kappa shape index (κ3) is 3.68. The maximum absolute atomic E-state index is 9.48. The lowest BCUT2D eigenvalue weighted by molar-refractivity contribution is 0.122. The monoisotopic (exact) mass is 376 g/mol. The van der Waals surface area contributed by atoms with Gasteiger partial charge in [0.1, 0.15) is 30.5 Å². The minimum atomic E-state index is 0.309. The second kappa shape index (κ2) is 8.11. The first kappa shape index (κ1) is 18.0. The Bertz CT molecular complexity index is 1010. The first-order chi connectivity index (χ1) is 13.8. The highest BCUT2D eigenvalue weighted by Gasteiger charge is 2.17. The van der Waals surface area contributed by atoms with Crippen molar-refractivity contribution in [3.8, 4) is 17.6 Å². The Kier molecular flexibility index (Phi) is 5.22. The van der Waals surface area contributed by atoms with Gasteiger partial charge in [-0.3, -0.25) is 0 Å². The van der Waals surface area contributed by atoms with E-state index in [4.69, 9.17) is 14.2 Å². The molecule has 7 nitrogen and oxygen atoms in total. The van der Waals surface area contributed by atoms with Gasteiger partial charge in [0.25, 0.3) is 0 Å². The van der Waals surface area contributed by atoms with Crippen molar-refractivity contribution < 1.29 is 14.2 Å². The molecule has 28 heavy (non-hydrogen) atoms. The fraction of sp³-hybridized carbons (Fsp3) is 0.286. The van der Waals surface area contributed by atoms with Gasteiger partial charge < -0.3 is 19.1 Å². The number of hydrogen-bond acceptors (Lipinski definition) is 7. The minimum absolute atomic E-state index is 0.309. The summed E-state index contributed by atoms with van der Waals surface area (Å²) in [7, 11) is 1.64. The van der Waals surface area contributed by atoms with Crippen LogP contribution in [-0.4, -0.2) is 43.4 Å². The highest BCUT2D eigenvalue weighted by atomic mass is 16.5. The van der Waals surface area contributed by atoms with Crippen LogP contribution >= 0.6 is 0 Å². The summed E-state index contributed by atoms with van der Waals surface area (Å²) < 4.78 is 16.8.